The van der Waals surface area contributed by atoms with Crippen LogP contribution in [0.5, 0.6) is 11.5 Å². The number of ether oxygens (including phenoxy) is 1. The first-order valence-corrected chi connectivity index (χ1v) is 10.7. The summed E-state index contributed by atoms with van der Waals surface area (Å²) in [5, 5.41) is 12.3. The molecule has 1 aliphatic heterocycles. The topological polar surface area (TPSA) is 107 Å². The Morgan fingerprint density at radius 1 is 1.19 bits per heavy atom. The van der Waals surface area contributed by atoms with Crippen molar-refractivity contribution in [1.29, 1.82) is 0 Å². The van der Waals surface area contributed by atoms with Gasteiger partial charge >= 0.3 is 0 Å². The molecule has 164 valence electrons. The van der Waals surface area contributed by atoms with Gasteiger partial charge in [-0.25, -0.2) is 0 Å². The number of aldehydes is 1. The molecule has 2 fully saturated rings. The van der Waals surface area contributed by atoms with Gasteiger partial charge in [-0.05, 0) is 54.7 Å². The van der Waals surface area contributed by atoms with E-state index < -0.39 is 0 Å². The Morgan fingerprint density at radius 2 is 1.88 bits per heavy atom. The summed E-state index contributed by atoms with van der Waals surface area (Å²) in [6.07, 6.45) is 2.85. The van der Waals surface area contributed by atoms with Gasteiger partial charge in [0.15, 0.2) is 12.1 Å². The highest BCUT2D eigenvalue weighted by Crippen LogP contribution is 2.51. The number of carbonyl (C=O) groups is 1. The van der Waals surface area contributed by atoms with Gasteiger partial charge in [0.2, 0.25) is 0 Å². The van der Waals surface area contributed by atoms with E-state index in [1.807, 2.05) is 59.3 Å². The molecule has 2 heterocycles. The van der Waals surface area contributed by atoms with E-state index in [1.54, 1.807) is 7.05 Å². The summed E-state index contributed by atoms with van der Waals surface area (Å²) in [6, 6.07) is 17.4. The van der Waals surface area contributed by atoms with E-state index in [9.17, 15) is 4.79 Å². The lowest BCUT2D eigenvalue weighted by Crippen LogP contribution is -2.60. The maximum Gasteiger partial charge on any atom is 0.168 e. The predicted octanol–water partition coefficient (Wildman–Crippen LogP) is 2.92. The summed E-state index contributed by atoms with van der Waals surface area (Å²) in [5.41, 5.74) is 11.8. The van der Waals surface area contributed by atoms with E-state index in [4.69, 9.17) is 15.6 Å². The third-order valence-corrected chi connectivity index (χ3v) is 6.34. The zero-order valence-electron chi connectivity index (χ0n) is 17.9. The largest absolute Gasteiger partial charge is 0.457 e. The van der Waals surface area contributed by atoms with Gasteiger partial charge in [0.1, 0.15) is 22.9 Å². The highest BCUT2D eigenvalue weighted by atomic mass is 16.5. The maximum atomic E-state index is 12.1. The number of aromatic nitrogens is 2. The van der Waals surface area contributed by atoms with Crippen molar-refractivity contribution in [2.45, 2.75) is 18.9 Å². The van der Waals surface area contributed by atoms with Crippen LogP contribution in [0, 0.1) is 5.41 Å². The molecule has 1 spiro atoms. The molecule has 1 saturated carbocycles. The third kappa shape index (κ3) is 3.52. The fraction of sp³-hybridized carbons (Fsp3) is 0.292. The second kappa shape index (κ2) is 8.12. The molecule has 0 radical (unpaired) electrons. The number of nitrogens with zero attached hydrogens (tertiary/aromatic N) is 3. The van der Waals surface area contributed by atoms with Crippen LogP contribution in [0.1, 0.15) is 34.9 Å². The molecule has 0 unspecified atom stereocenters. The van der Waals surface area contributed by atoms with E-state index in [-0.39, 0.29) is 11.9 Å². The number of hydrazone groups is 1. The lowest BCUT2D eigenvalue weighted by molar-refractivity contribution is 0.00172. The highest BCUT2D eigenvalue weighted by molar-refractivity contribution is 6.07. The van der Waals surface area contributed by atoms with Crippen LogP contribution in [0.2, 0.25) is 0 Å². The lowest BCUT2D eigenvalue weighted by Gasteiger charge is -2.54. The molecule has 2 aliphatic rings. The van der Waals surface area contributed by atoms with Crippen LogP contribution in [-0.2, 0) is 0 Å². The standard InChI is InChI=1S/C24H26N6O2/c1-26-28-23(25)21-20(13-31)30(17-11-24(12-17)14-27-15-24)29-22(21)16-7-9-19(10-8-16)32-18-5-3-2-4-6-18/h2-10,13,17,26-27H,11-12,14-15H2,1H3,(H2,25,28). The van der Waals surface area contributed by atoms with Gasteiger partial charge in [0.05, 0.1) is 11.6 Å². The number of nitrogens with two attached hydrogens (primary N) is 1. The van der Waals surface area contributed by atoms with Crippen molar-refractivity contribution in [1.82, 2.24) is 20.5 Å². The van der Waals surface area contributed by atoms with Crippen molar-refractivity contribution in [3.8, 4) is 22.8 Å². The Hall–Kier alpha value is -3.65. The molecule has 2 aromatic carbocycles. The van der Waals surface area contributed by atoms with Gasteiger partial charge in [-0.3, -0.25) is 9.48 Å². The monoisotopic (exact) mass is 430 g/mol. The van der Waals surface area contributed by atoms with Gasteiger partial charge in [-0.2, -0.15) is 10.2 Å². The van der Waals surface area contributed by atoms with Crippen LogP contribution in [-0.4, -0.2) is 42.0 Å². The summed E-state index contributed by atoms with van der Waals surface area (Å²) in [5.74, 6) is 1.72. The lowest BCUT2D eigenvalue weighted by atomic mass is 9.61. The fourth-order valence-electron chi connectivity index (χ4n) is 4.66. The average Bonchev–Trinajstić information content (AvgIpc) is 3.12. The molecule has 0 amide bonds. The van der Waals surface area contributed by atoms with Gasteiger partial charge < -0.3 is 21.2 Å². The minimum absolute atomic E-state index is 0.188. The number of carbonyl (C=O) groups excluding carboxylic acids is 1. The smallest absolute Gasteiger partial charge is 0.168 e. The molecule has 4 N–H and O–H groups in total. The zero-order chi connectivity index (χ0) is 22.1. The zero-order valence-corrected chi connectivity index (χ0v) is 17.9. The molecule has 0 bridgehead atoms. The third-order valence-electron chi connectivity index (χ3n) is 6.34. The highest BCUT2D eigenvalue weighted by Gasteiger charge is 2.50. The molecule has 8 nitrogen and oxygen atoms in total. The summed E-state index contributed by atoms with van der Waals surface area (Å²) < 4.78 is 7.74. The molecule has 5 rings (SSSR count). The van der Waals surface area contributed by atoms with Crippen LogP contribution in [0.15, 0.2) is 59.7 Å². The normalized spacial score (nSPS) is 17.5. The summed E-state index contributed by atoms with van der Waals surface area (Å²) in [4.78, 5) is 12.1. The molecule has 1 aliphatic carbocycles. The molecular weight excluding hydrogens is 404 g/mol. The molecule has 3 aromatic rings. The number of hydrogen-bond acceptors (Lipinski definition) is 6. The van der Waals surface area contributed by atoms with Gasteiger partial charge in [0, 0.05) is 25.7 Å². The van der Waals surface area contributed by atoms with Crippen LogP contribution < -0.4 is 21.2 Å². The summed E-state index contributed by atoms with van der Waals surface area (Å²) in [7, 11) is 1.67. The summed E-state index contributed by atoms with van der Waals surface area (Å²) >= 11 is 0. The number of para-hydroxylation sites is 1. The van der Waals surface area contributed by atoms with Crippen molar-refractivity contribution in [2.24, 2.45) is 16.3 Å². The fourth-order valence-corrected chi connectivity index (χ4v) is 4.66. The average molecular weight is 431 g/mol. The molecule has 0 atom stereocenters. The Kier molecular flexibility index (Phi) is 5.14. The minimum Gasteiger partial charge on any atom is -0.457 e. The molecule has 8 heteroatoms. The SMILES string of the molecule is CN/N=C(/N)c1c(-c2ccc(Oc3ccccc3)cc2)nn(C2CC3(CNC3)C2)c1C=O. The van der Waals surface area contributed by atoms with E-state index in [0.29, 0.717) is 28.1 Å². The molecule has 1 aromatic heterocycles. The van der Waals surface area contributed by atoms with Crippen molar-refractivity contribution in [3.05, 3.63) is 65.9 Å². The van der Waals surface area contributed by atoms with Crippen LogP contribution in [0.25, 0.3) is 11.3 Å². The Morgan fingerprint density at radius 3 is 2.47 bits per heavy atom. The Balaban J connectivity index is 1.49. The number of amidine groups is 1. The number of benzene rings is 2. The van der Waals surface area contributed by atoms with Gasteiger partial charge in [-0.15, -0.1) is 0 Å². The van der Waals surface area contributed by atoms with Crippen molar-refractivity contribution < 1.29 is 9.53 Å². The molecule has 1 saturated heterocycles. The van der Waals surface area contributed by atoms with Crippen molar-refractivity contribution in [2.75, 3.05) is 20.1 Å². The van der Waals surface area contributed by atoms with Crippen LogP contribution in [0.4, 0.5) is 0 Å². The summed E-state index contributed by atoms with van der Waals surface area (Å²) in [6.45, 7) is 2.07. The first-order chi connectivity index (χ1) is 15.6. The quantitative estimate of drug-likeness (QED) is 0.230. The van der Waals surface area contributed by atoms with Gasteiger partial charge in [-0.1, -0.05) is 18.2 Å². The number of rotatable bonds is 7. The van der Waals surface area contributed by atoms with E-state index in [1.165, 1.54) is 0 Å². The first kappa shape index (κ1) is 20.3. The van der Waals surface area contributed by atoms with E-state index in [0.717, 1.165) is 43.5 Å². The van der Waals surface area contributed by atoms with Crippen LogP contribution >= 0.6 is 0 Å². The van der Waals surface area contributed by atoms with Crippen LogP contribution in [0.3, 0.4) is 0 Å². The van der Waals surface area contributed by atoms with Crippen molar-refractivity contribution >= 4 is 12.1 Å². The second-order valence-electron chi connectivity index (χ2n) is 8.50. The molecule has 32 heavy (non-hydrogen) atoms. The second-order valence-corrected chi connectivity index (χ2v) is 8.50. The minimum atomic E-state index is 0.188. The maximum absolute atomic E-state index is 12.1. The van der Waals surface area contributed by atoms with E-state index >= 15 is 0 Å². The molecular formula is C24H26N6O2. The first-order valence-electron chi connectivity index (χ1n) is 10.7. The Labute approximate surface area is 186 Å². The Bertz CT molecular complexity index is 1140. The van der Waals surface area contributed by atoms with Gasteiger partial charge in [0.25, 0.3) is 0 Å². The van der Waals surface area contributed by atoms with Crippen molar-refractivity contribution in [3.63, 3.8) is 0 Å². The van der Waals surface area contributed by atoms with E-state index in [2.05, 4.69) is 15.8 Å². The number of hydrogen-bond donors (Lipinski definition) is 3. The predicted molar refractivity (Wildman–Crippen MR) is 123 cm³/mol. The number of nitrogens with one attached hydrogen (secondary N) is 2.